The van der Waals surface area contributed by atoms with E-state index in [1.807, 2.05) is 12.3 Å². The molecule has 3 N–H and O–H groups in total. The number of rotatable bonds is 8. The van der Waals surface area contributed by atoms with E-state index in [0.717, 1.165) is 12.8 Å². The average molecular weight is 367 g/mol. The van der Waals surface area contributed by atoms with Crippen molar-refractivity contribution in [2.24, 2.45) is 0 Å². The maximum Gasteiger partial charge on any atom is 0.315 e. The average Bonchev–Trinajstić information content (AvgIpc) is 3.05. The zero-order chi connectivity index (χ0) is 18.2. The Kier molecular flexibility index (Phi) is 7.24. The summed E-state index contributed by atoms with van der Waals surface area (Å²) in [4.78, 5) is 38.4. The van der Waals surface area contributed by atoms with E-state index in [1.165, 1.54) is 10.4 Å². The van der Waals surface area contributed by atoms with E-state index in [9.17, 15) is 14.4 Å². The number of urea groups is 1. The first-order valence-electron chi connectivity index (χ1n) is 8.61. The first-order chi connectivity index (χ1) is 12.0. The third-order valence-corrected chi connectivity index (χ3v) is 5.18. The monoisotopic (exact) mass is 367 g/mol. The first kappa shape index (κ1) is 19.2. The molecule has 8 heteroatoms. The Bertz CT molecular complexity index is 617. The summed E-state index contributed by atoms with van der Waals surface area (Å²) < 4.78 is 0. The minimum atomic E-state index is -0.890. The standard InChI is InChI=1S/C17H25N3O4S/c1-2-4-13(19-17(24)18-8-3-5-15(21)22)16(23)20-9-6-14-12(11-20)7-10-25-14/h7,10,13H,2-6,8-9,11H2,1H3,(H,21,22)(H2,18,19,24). The van der Waals surface area contributed by atoms with Crippen molar-refractivity contribution in [2.45, 2.75) is 51.6 Å². The second-order valence-electron chi connectivity index (χ2n) is 6.12. The maximum atomic E-state index is 12.8. The number of thiophene rings is 1. The molecule has 0 saturated heterocycles. The number of carboxylic acids is 1. The Balaban J connectivity index is 1.85. The molecule has 0 bridgehead atoms. The molecule has 0 aromatic carbocycles. The summed E-state index contributed by atoms with van der Waals surface area (Å²) >= 11 is 1.72. The quantitative estimate of drug-likeness (QED) is 0.612. The van der Waals surface area contributed by atoms with Crippen LogP contribution in [-0.4, -0.2) is 47.0 Å². The molecule has 1 atom stereocenters. The second-order valence-corrected chi connectivity index (χ2v) is 7.12. The van der Waals surface area contributed by atoms with Crippen molar-refractivity contribution < 1.29 is 19.5 Å². The van der Waals surface area contributed by atoms with Crippen LogP contribution in [0.25, 0.3) is 0 Å². The summed E-state index contributed by atoms with van der Waals surface area (Å²) in [6.07, 6.45) is 2.59. The number of amides is 3. The van der Waals surface area contributed by atoms with E-state index >= 15 is 0 Å². The number of hydrogen-bond donors (Lipinski definition) is 3. The van der Waals surface area contributed by atoms with Crippen molar-refractivity contribution in [3.63, 3.8) is 0 Å². The van der Waals surface area contributed by atoms with Crippen LogP contribution in [0.5, 0.6) is 0 Å². The van der Waals surface area contributed by atoms with E-state index in [0.29, 0.717) is 25.9 Å². The predicted octanol–water partition coefficient (Wildman–Crippen LogP) is 1.97. The van der Waals surface area contributed by atoms with Crippen LogP contribution in [0.2, 0.25) is 0 Å². The highest BCUT2D eigenvalue weighted by Crippen LogP contribution is 2.24. The van der Waals surface area contributed by atoms with Crippen LogP contribution < -0.4 is 10.6 Å². The number of carbonyl (C=O) groups is 3. The van der Waals surface area contributed by atoms with Gasteiger partial charge in [0, 0.05) is 30.9 Å². The van der Waals surface area contributed by atoms with Gasteiger partial charge in [0.25, 0.3) is 0 Å². The summed E-state index contributed by atoms with van der Waals surface area (Å²) in [5.41, 5.74) is 1.19. The van der Waals surface area contributed by atoms with Gasteiger partial charge in [0.2, 0.25) is 5.91 Å². The Morgan fingerprint density at radius 2 is 2.20 bits per heavy atom. The SMILES string of the molecule is CCCC(NC(=O)NCCCC(=O)O)C(=O)N1CCc2sccc2C1. The van der Waals surface area contributed by atoms with Crippen LogP contribution in [0.3, 0.4) is 0 Å². The van der Waals surface area contributed by atoms with Gasteiger partial charge in [-0.15, -0.1) is 11.3 Å². The number of hydrogen-bond acceptors (Lipinski definition) is 4. The number of fused-ring (bicyclic) bond motifs is 1. The van der Waals surface area contributed by atoms with Gasteiger partial charge in [0.05, 0.1) is 0 Å². The zero-order valence-corrected chi connectivity index (χ0v) is 15.2. The van der Waals surface area contributed by atoms with Gasteiger partial charge in [-0.05, 0) is 36.3 Å². The zero-order valence-electron chi connectivity index (χ0n) is 14.4. The van der Waals surface area contributed by atoms with Gasteiger partial charge in [0.1, 0.15) is 6.04 Å². The highest BCUT2D eigenvalue weighted by Gasteiger charge is 2.28. The molecular formula is C17H25N3O4S. The summed E-state index contributed by atoms with van der Waals surface area (Å²) in [6, 6.07) is 1.08. The molecule has 7 nitrogen and oxygen atoms in total. The summed E-state index contributed by atoms with van der Waals surface area (Å²) in [5.74, 6) is -0.946. The normalized spacial score (nSPS) is 14.5. The number of aliphatic carboxylic acids is 1. The number of carboxylic acid groups (broad SMARTS) is 1. The number of nitrogens with zero attached hydrogens (tertiary/aromatic N) is 1. The highest BCUT2D eigenvalue weighted by atomic mass is 32.1. The molecule has 2 rings (SSSR count). The van der Waals surface area contributed by atoms with Gasteiger partial charge in [-0.3, -0.25) is 9.59 Å². The van der Waals surface area contributed by atoms with Gasteiger partial charge in [-0.1, -0.05) is 13.3 Å². The lowest BCUT2D eigenvalue weighted by Gasteiger charge is -2.30. The van der Waals surface area contributed by atoms with Gasteiger partial charge >= 0.3 is 12.0 Å². The molecule has 0 spiro atoms. The molecule has 0 saturated carbocycles. The molecule has 0 fully saturated rings. The van der Waals surface area contributed by atoms with Crippen LogP contribution in [0, 0.1) is 0 Å². The van der Waals surface area contributed by atoms with Gasteiger partial charge in [0.15, 0.2) is 0 Å². The molecule has 2 heterocycles. The van der Waals surface area contributed by atoms with Crippen LogP contribution in [-0.2, 0) is 22.6 Å². The molecule has 0 radical (unpaired) electrons. The van der Waals surface area contributed by atoms with Crippen LogP contribution >= 0.6 is 11.3 Å². The molecule has 1 aliphatic heterocycles. The van der Waals surface area contributed by atoms with Crippen LogP contribution in [0.1, 0.15) is 43.0 Å². The fourth-order valence-electron chi connectivity index (χ4n) is 2.85. The molecule has 138 valence electrons. The summed E-state index contributed by atoms with van der Waals surface area (Å²) in [5, 5.41) is 16.0. The van der Waals surface area contributed by atoms with Crippen molar-refractivity contribution in [1.29, 1.82) is 0 Å². The molecular weight excluding hydrogens is 342 g/mol. The van der Waals surface area contributed by atoms with Crippen LogP contribution in [0.15, 0.2) is 11.4 Å². The molecule has 3 amide bonds. The molecule has 1 aromatic rings. The van der Waals surface area contributed by atoms with Gasteiger partial charge < -0.3 is 20.6 Å². The van der Waals surface area contributed by atoms with Crippen molar-refractivity contribution in [3.8, 4) is 0 Å². The van der Waals surface area contributed by atoms with Crippen molar-refractivity contribution in [3.05, 3.63) is 21.9 Å². The van der Waals surface area contributed by atoms with E-state index in [1.54, 1.807) is 16.2 Å². The highest BCUT2D eigenvalue weighted by molar-refractivity contribution is 7.10. The lowest BCUT2D eigenvalue weighted by molar-refractivity contribution is -0.137. The second kappa shape index (κ2) is 9.41. The van der Waals surface area contributed by atoms with E-state index in [2.05, 4.69) is 16.7 Å². The van der Waals surface area contributed by atoms with E-state index in [4.69, 9.17) is 5.11 Å². The van der Waals surface area contributed by atoms with Gasteiger partial charge in [-0.2, -0.15) is 0 Å². The largest absolute Gasteiger partial charge is 0.481 e. The number of carbonyl (C=O) groups excluding carboxylic acids is 2. The fraction of sp³-hybridized carbons (Fsp3) is 0.588. The smallest absolute Gasteiger partial charge is 0.315 e. The topological polar surface area (TPSA) is 98.7 Å². The van der Waals surface area contributed by atoms with Crippen molar-refractivity contribution >= 4 is 29.2 Å². The Hall–Kier alpha value is -2.09. The van der Waals surface area contributed by atoms with Gasteiger partial charge in [-0.25, -0.2) is 4.79 Å². The molecule has 1 aromatic heterocycles. The predicted molar refractivity (Wildman–Crippen MR) is 95.5 cm³/mol. The van der Waals surface area contributed by atoms with Crippen molar-refractivity contribution in [2.75, 3.05) is 13.1 Å². The minimum Gasteiger partial charge on any atom is -0.481 e. The molecule has 1 aliphatic rings. The summed E-state index contributed by atoms with van der Waals surface area (Å²) in [7, 11) is 0. The number of nitrogens with one attached hydrogen (secondary N) is 2. The third kappa shape index (κ3) is 5.74. The first-order valence-corrected chi connectivity index (χ1v) is 9.49. The Morgan fingerprint density at radius 3 is 2.92 bits per heavy atom. The Morgan fingerprint density at radius 1 is 1.40 bits per heavy atom. The summed E-state index contributed by atoms with van der Waals surface area (Å²) in [6.45, 7) is 3.52. The molecule has 0 aliphatic carbocycles. The van der Waals surface area contributed by atoms with E-state index < -0.39 is 18.0 Å². The fourth-order valence-corrected chi connectivity index (χ4v) is 3.74. The third-order valence-electron chi connectivity index (χ3n) is 4.15. The maximum absolute atomic E-state index is 12.8. The van der Waals surface area contributed by atoms with Crippen LogP contribution in [0.4, 0.5) is 4.79 Å². The minimum absolute atomic E-state index is 0.00829. The molecule has 25 heavy (non-hydrogen) atoms. The lowest BCUT2D eigenvalue weighted by atomic mass is 10.1. The lowest BCUT2D eigenvalue weighted by Crippen LogP contribution is -2.52. The van der Waals surface area contributed by atoms with E-state index in [-0.39, 0.29) is 18.9 Å². The molecule has 1 unspecified atom stereocenters. The van der Waals surface area contributed by atoms with Crippen molar-refractivity contribution in [1.82, 2.24) is 15.5 Å². The Labute approximate surface area is 151 Å².